The number of carbonyl (C=O) groups excluding carboxylic acids is 1. The van der Waals surface area contributed by atoms with Crippen molar-refractivity contribution in [3.05, 3.63) is 48.2 Å². The van der Waals surface area contributed by atoms with Crippen LogP contribution >= 0.6 is 0 Å². The molecule has 1 unspecified atom stereocenters. The maximum absolute atomic E-state index is 12.0. The number of anilines is 1. The highest BCUT2D eigenvalue weighted by Crippen LogP contribution is 2.07. The van der Waals surface area contributed by atoms with E-state index in [1.165, 1.54) is 0 Å². The summed E-state index contributed by atoms with van der Waals surface area (Å²) in [6.07, 6.45) is 3.95. The van der Waals surface area contributed by atoms with Crippen LogP contribution in [0, 0.1) is 0 Å². The number of aromatic nitrogens is 1. The molecule has 20 heavy (non-hydrogen) atoms. The third-order valence-electron chi connectivity index (χ3n) is 2.84. The first-order valence-corrected chi connectivity index (χ1v) is 6.72. The van der Waals surface area contributed by atoms with Gasteiger partial charge in [-0.05, 0) is 38.1 Å². The molecular weight excluding hydrogens is 254 g/mol. The van der Waals surface area contributed by atoms with Crippen molar-refractivity contribution in [1.29, 1.82) is 0 Å². The van der Waals surface area contributed by atoms with Crippen molar-refractivity contribution in [2.45, 2.75) is 26.3 Å². The molecule has 1 amide bonds. The first-order chi connectivity index (χ1) is 9.69. The SMILES string of the molecule is CCNc1ccc(C(=O)NC(C)Cc2ccco2)nc1. The van der Waals surface area contributed by atoms with E-state index in [2.05, 4.69) is 15.6 Å². The van der Waals surface area contributed by atoms with Crippen molar-refractivity contribution in [2.75, 3.05) is 11.9 Å². The highest BCUT2D eigenvalue weighted by atomic mass is 16.3. The zero-order valence-electron chi connectivity index (χ0n) is 11.7. The second kappa shape index (κ2) is 6.75. The molecule has 0 bridgehead atoms. The molecule has 1 atom stereocenters. The van der Waals surface area contributed by atoms with Gasteiger partial charge < -0.3 is 15.1 Å². The van der Waals surface area contributed by atoms with E-state index in [0.717, 1.165) is 18.0 Å². The van der Waals surface area contributed by atoms with E-state index in [1.807, 2.05) is 32.0 Å². The van der Waals surface area contributed by atoms with Crippen LogP contribution in [-0.2, 0) is 6.42 Å². The van der Waals surface area contributed by atoms with Gasteiger partial charge in [0.2, 0.25) is 0 Å². The van der Waals surface area contributed by atoms with Gasteiger partial charge in [0.1, 0.15) is 11.5 Å². The van der Waals surface area contributed by atoms with E-state index < -0.39 is 0 Å². The lowest BCUT2D eigenvalue weighted by Crippen LogP contribution is -2.34. The maximum Gasteiger partial charge on any atom is 0.270 e. The summed E-state index contributed by atoms with van der Waals surface area (Å²) in [5, 5.41) is 6.04. The van der Waals surface area contributed by atoms with Crippen molar-refractivity contribution >= 4 is 11.6 Å². The molecule has 0 aliphatic rings. The quantitative estimate of drug-likeness (QED) is 0.848. The van der Waals surface area contributed by atoms with Crippen molar-refractivity contribution in [3.8, 4) is 0 Å². The average Bonchev–Trinajstić information content (AvgIpc) is 2.92. The van der Waals surface area contributed by atoms with E-state index in [-0.39, 0.29) is 11.9 Å². The van der Waals surface area contributed by atoms with Gasteiger partial charge in [-0.2, -0.15) is 0 Å². The van der Waals surface area contributed by atoms with Crippen LogP contribution in [0.3, 0.4) is 0 Å². The third-order valence-corrected chi connectivity index (χ3v) is 2.84. The molecule has 106 valence electrons. The molecule has 2 aromatic heterocycles. The largest absolute Gasteiger partial charge is 0.469 e. The summed E-state index contributed by atoms with van der Waals surface area (Å²) in [5.41, 5.74) is 1.32. The Hall–Kier alpha value is -2.30. The Labute approximate surface area is 118 Å². The van der Waals surface area contributed by atoms with Crippen molar-refractivity contribution < 1.29 is 9.21 Å². The molecule has 5 heteroatoms. The second-order valence-electron chi connectivity index (χ2n) is 4.62. The Morgan fingerprint density at radius 3 is 2.85 bits per heavy atom. The summed E-state index contributed by atoms with van der Waals surface area (Å²) in [6, 6.07) is 7.29. The summed E-state index contributed by atoms with van der Waals surface area (Å²) < 4.78 is 5.26. The van der Waals surface area contributed by atoms with Crippen LogP contribution in [0.25, 0.3) is 0 Å². The number of nitrogens with one attached hydrogen (secondary N) is 2. The third kappa shape index (κ3) is 3.85. The zero-order valence-corrected chi connectivity index (χ0v) is 11.7. The topological polar surface area (TPSA) is 67.2 Å². The molecule has 2 aromatic rings. The summed E-state index contributed by atoms with van der Waals surface area (Å²) in [6.45, 7) is 4.78. The van der Waals surface area contributed by atoms with Crippen molar-refractivity contribution in [1.82, 2.24) is 10.3 Å². The average molecular weight is 273 g/mol. The Morgan fingerprint density at radius 1 is 1.40 bits per heavy atom. The monoisotopic (exact) mass is 273 g/mol. The van der Waals surface area contributed by atoms with Crippen LogP contribution in [-0.4, -0.2) is 23.5 Å². The van der Waals surface area contributed by atoms with E-state index in [0.29, 0.717) is 12.1 Å². The van der Waals surface area contributed by atoms with Crippen molar-refractivity contribution in [2.24, 2.45) is 0 Å². The maximum atomic E-state index is 12.0. The van der Waals surface area contributed by atoms with Gasteiger partial charge in [0.15, 0.2) is 0 Å². The minimum Gasteiger partial charge on any atom is -0.469 e. The van der Waals surface area contributed by atoms with E-state index in [1.54, 1.807) is 18.5 Å². The molecular formula is C15H19N3O2. The van der Waals surface area contributed by atoms with Crippen LogP contribution in [0.1, 0.15) is 30.1 Å². The van der Waals surface area contributed by atoms with E-state index in [4.69, 9.17) is 4.42 Å². The number of amides is 1. The highest BCUT2D eigenvalue weighted by Gasteiger charge is 2.12. The zero-order chi connectivity index (χ0) is 14.4. The minimum atomic E-state index is -0.174. The molecule has 0 aliphatic heterocycles. The van der Waals surface area contributed by atoms with Gasteiger partial charge in [-0.25, -0.2) is 4.98 Å². The summed E-state index contributed by atoms with van der Waals surface area (Å²) in [4.78, 5) is 16.2. The fourth-order valence-corrected chi connectivity index (χ4v) is 1.92. The normalized spacial score (nSPS) is 11.9. The van der Waals surface area contributed by atoms with Gasteiger partial charge in [0.25, 0.3) is 5.91 Å². The molecule has 0 saturated heterocycles. The van der Waals surface area contributed by atoms with E-state index >= 15 is 0 Å². The Morgan fingerprint density at radius 2 is 2.25 bits per heavy atom. The molecule has 0 aliphatic carbocycles. The smallest absolute Gasteiger partial charge is 0.270 e. The van der Waals surface area contributed by atoms with Gasteiger partial charge in [-0.1, -0.05) is 0 Å². The number of hydrogen-bond donors (Lipinski definition) is 2. The molecule has 0 aromatic carbocycles. The van der Waals surface area contributed by atoms with Crippen LogP contribution in [0.15, 0.2) is 41.1 Å². The summed E-state index contributed by atoms with van der Waals surface area (Å²) in [7, 11) is 0. The number of pyridine rings is 1. The van der Waals surface area contributed by atoms with Crippen LogP contribution in [0.5, 0.6) is 0 Å². The van der Waals surface area contributed by atoms with Gasteiger partial charge in [0, 0.05) is 19.0 Å². The molecule has 0 saturated carbocycles. The Balaban J connectivity index is 1.90. The first-order valence-electron chi connectivity index (χ1n) is 6.72. The number of nitrogens with zero attached hydrogens (tertiary/aromatic N) is 1. The molecule has 5 nitrogen and oxygen atoms in total. The number of rotatable bonds is 6. The molecule has 0 fully saturated rings. The van der Waals surface area contributed by atoms with Crippen LogP contribution in [0.2, 0.25) is 0 Å². The van der Waals surface area contributed by atoms with Gasteiger partial charge in [-0.3, -0.25) is 4.79 Å². The molecule has 2 N–H and O–H groups in total. The Kier molecular flexibility index (Phi) is 4.76. The van der Waals surface area contributed by atoms with Gasteiger partial charge >= 0.3 is 0 Å². The predicted molar refractivity (Wildman–Crippen MR) is 77.7 cm³/mol. The fraction of sp³-hybridized carbons (Fsp3) is 0.333. The lowest BCUT2D eigenvalue weighted by Gasteiger charge is -2.12. The number of furan rings is 1. The van der Waals surface area contributed by atoms with Gasteiger partial charge in [0.05, 0.1) is 18.1 Å². The fourth-order valence-electron chi connectivity index (χ4n) is 1.92. The van der Waals surface area contributed by atoms with Crippen LogP contribution < -0.4 is 10.6 Å². The Bertz CT molecular complexity index is 535. The molecule has 2 rings (SSSR count). The number of carbonyl (C=O) groups is 1. The molecule has 2 heterocycles. The lowest BCUT2D eigenvalue weighted by atomic mass is 10.2. The second-order valence-corrected chi connectivity index (χ2v) is 4.62. The number of hydrogen-bond acceptors (Lipinski definition) is 4. The van der Waals surface area contributed by atoms with E-state index in [9.17, 15) is 4.79 Å². The van der Waals surface area contributed by atoms with Crippen molar-refractivity contribution in [3.63, 3.8) is 0 Å². The molecule has 0 radical (unpaired) electrons. The lowest BCUT2D eigenvalue weighted by molar-refractivity contribution is 0.0934. The van der Waals surface area contributed by atoms with Gasteiger partial charge in [-0.15, -0.1) is 0 Å². The minimum absolute atomic E-state index is 0.0103. The first kappa shape index (κ1) is 14.1. The highest BCUT2D eigenvalue weighted by molar-refractivity contribution is 5.92. The summed E-state index contributed by atoms with van der Waals surface area (Å²) >= 11 is 0. The molecule has 0 spiro atoms. The van der Waals surface area contributed by atoms with Crippen LogP contribution in [0.4, 0.5) is 5.69 Å². The predicted octanol–water partition coefficient (Wildman–Crippen LogP) is 2.47. The standard InChI is InChI=1S/C15H19N3O2/c1-3-16-12-6-7-14(17-10-12)15(19)18-11(2)9-13-5-4-8-20-13/h4-8,10-11,16H,3,9H2,1-2H3,(H,18,19). The summed E-state index contributed by atoms with van der Waals surface area (Å²) in [5.74, 6) is 0.681.